The first kappa shape index (κ1) is 15.6. The molecular weight excluding hydrogens is 311 g/mol. The van der Waals surface area contributed by atoms with Gasteiger partial charge in [-0.05, 0) is 55.4 Å². The molecule has 0 aliphatic carbocycles. The second kappa shape index (κ2) is 6.48. The molecule has 1 heterocycles. The van der Waals surface area contributed by atoms with Gasteiger partial charge in [-0.1, -0.05) is 18.2 Å². The number of para-hydroxylation sites is 1. The van der Waals surface area contributed by atoms with E-state index >= 15 is 0 Å². The Hall–Kier alpha value is -2.24. The van der Waals surface area contributed by atoms with Crippen LogP contribution in [0.15, 0.2) is 48.5 Å². The summed E-state index contributed by atoms with van der Waals surface area (Å²) >= 11 is 1.36. The summed E-state index contributed by atoms with van der Waals surface area (Å²) in [4.78, 5) is 15.1. The molecule has 3 rings (SSSR count). The van der Waals surface area contributed by atoms with E-state index in [0.717, 1.165) is 27.9 Å². The lowest BCUT2D eigenvalue weighted by molar-refractivity contribution is 0.103. The summed E-state index contributed by atoms with van der Waals surface area (Å²) in [5.74, 6) is -0.462. The third kappa shape index (κ3) is 3.57. The molecule has 0 unspecified atom stereocenters. The minimum atomic E-state index is -0.293. The molecule has 0 fully saturated rings. The zero-order chi connectivity index (χ0) is 16.4. The number of thiophene rings is 1. The quantitative estimate of drug-likeness (QED) is 0.772. The average Bonchev–Trinajstić information content (AvgIpc) is 2.92. The number of nitrogens with zero attached hydrogens (tertiary/aromatic N) is 1. The molecule has 0 spiro atoms. The van der Waals surface area contributed by atoms with Crippen LogP contribution in [0.3, 0.4) is 0 Å². The molecule has 0 radical (unpaired) electrons. The van der Waals surface area contributed by atoms with Gasteiger partial charge in [0.1, 0.15) is 5.82 Å². The monoisotopic (exact) mass is 328 g/mol. The van der Waals surface area contributed by atoms with Crippen LogP contribution in [0.4, 0.5) is 10.1 Å². The molecule has 5 heteroatoms. The average molecular weight is 328 g/mol. The maximum atomic E-state index is 13.3. The lowest BCUT2D eigenvalue weighted by atomic mass is 10.1. The zero-order valence-electron chi connectivity index (χ0n) is 13.0. The van der Waals surface area contributed by atoms with Crippen molar-refractivity contribution in [1.29, 1.82) is 0 Å². The topological polar surface area (TPSA) is 32.3 Å². The van der Waals surface area contributed by atoms with Crippen LogP contribution in [-0.4, -0.2) is 24.9 Å². The van der Waals surface area contributed by atoms with Gasteiger partial charge < -0.3 is 10.2 Å². The van der Waals surface area contributed by atoms with Crippen molar-refractivity contribution in [3.05, 3.63) is 64.8 Å². The Bertz CT molecular complexity index is 857. The third-order valence-corrected chi connectivity index (χ3v) is 4.57. The van der Waals surface area contributed by atoms with Crippen LogP contribution in [0, 0.1) is 5.82 Å². The highest BCUT2D eigenvalue weighted by atomic mass is 32.1. The van der Waals surface area contributed by atoms with Crippen LogP contribution in [0.5, 0.6) is 0 Å². The Balaban J connectivity index is 1.86. The van der Waals surface area contributed by atoms with E-state index < -0.39 is 0 Å². The van der Waals surface area contributed by atoms with E-state index in [-0.39, 0.29) is 11.7 Å². The van der Waals surface area contributed by atoms with Crippen LogP contribution >= 0.6 is 11.3 Å². The van der Waals surface area contributed by atoms with E-state index in [2.05, 4.69) is 5.32 Å². The van der Waals surface area contributed by atoms with E-state index in [1.165, 1.54) is 23.5 Å². The summed E-state index contributed by atoms with van der Waals surface area (Å²) in [5, 5.41) is 3.71. The lowest BCUT2D eigenvalue weighted by Gasteiger charge is -2.14. The number of benzene rings is 2. The van der Waals surface area contributed by atoms with Crippen molar-refractivity contribution in [3.8, 4) is 0 Å². The van der Waals surface area contributed by atoms with Crippen molar-refractivity contribution >= 4 is 33.0 Å². The van der Waals surface area contributed by atoms with Gasteiger partial charge in [-0.25, -0.2) is 4.39 Å². The van der Waals surface area contributed by atoms with Crippen molar-refractivity contribution in [2.45, 2.75) is 6.54 Å². The fourth-order valence-corrected chi connectivity index (χ4v) is 3.37. The minimum absolute atomic E-state index is 0.169. The highest BCUT2D eigenvalue weighted by molar-refractivity contribution is 7.20. The number of hydrogen-bond donors (Lipinski definition) is 1. The van der Waals surface area contributed by atoms with Crippen LogP contribution in [0.1, 0.15) is 15.2 Å². The maximum Gasteiger partial charge on any atom is 0.265 e. The number of carbonyl (C=O) groups is 1. The third-order valence-electron chi connectivity index (χ3n) is 3.45. The molecule has 118 valence electrons. The Morgan fingerprint density at radius 3 is 2.74 bits per heavy atom. The molecule has 0 aliphatic heterocycles. The number of hydrogen-bond acceptors (Lipinski definition) is 3. The lowest BCUT2D eigenvalue weighted by Crippen LogP contribution is -2.15. The van der Waals surface area contributed by atoms with Crippen LogP contribution in [0.25, 0.3) is 10.1 Å². The summed E-state index contributed by atoms with van der Waals surface area (Å²) in [5.41, 5.74) is 1.85. The minimum Gasteiger partial charge on any atom is -0.321 e. The number of anilines is 1. The number of nitrogens with one attached hydrogen (secondary N) is 1. The fourth-order valence-electron chi connectivity index (χ4n) is 2.43. The first-order valence-electron chi connectivity index (χ1n) is 7.26. The smallest absolute Gasteiger partial charge is 0.265 e. The molecular formula is C18H17FN2OS. The number of amides is 1. The molecule has 3 nitrogen and oxygen atoms in total. The zero-order valence-corrected chi connectivity index (χ0v) is 13.8. The van der Waals surface area contributed by atoms with E-state index in [4.69, 9.17) is 0 Å². The summed E-state index contributed by atoms with van der Waals surface area (Å²) in [6.45, 7) is 0.744. The number of carbonyl (C=O) groups excluding carboxylic acids is 1. The molecule has 0 atom stereocenters. The van der Waals surface area contributed by atoms with Crippen molar-refractivity contribution < 1.29 is 9.18 Å². The van der Waals surface area contributed by atoms with Crippen LogP contribution in [0.2, 0.25) is 0 Å². The van der Waals surface area contributed by atoms with Crippen molar-refractivity contribution in [2.24, 2.45) is 0 Å². The molecule has 2 aromatic carbocycles. The molecule has 3 aromatic rings. The van der Waals surface area contributed by atoms with Gasteiger partial charge in [0.2, 0.25) is 0 Å². The van der Waals surface area contributed by atoms with Gasteiger partial charge in [0.05, 0.1) is 4.88 Å². The van der Waals surface area contributed by atoms with E-state index in [0.29, 0.717) is 4.88 Å². The molecule has 0 bridgehead atoms. The highest BCUT2D eigenvalue weighted by Gasteiger charge is 2.13. The van der Waals surface area contributed by atoms with Gasteiger partial charge in [-0.3, -0.25) is 4.79 Å². The fraction of sp³-hybridized carbons (Fsp3) is 0.167. The number of rotatable bonds is 4. The Kier molecular flexibility index (Phi) is 4.41. The Morgan fingerprint density at radius 2 is 1.96 bits per heavy atom. The Morgan fingerprint density at radius 1 is 1.17 bits per heavy atom. The number of halogens is 1. The summed E-state index contributed by atoms with van der Waals surface area (Å²) in [7, 11) is 3.97. The van der Waals surface area contributed by atoms with Gasteiger partial charge in [-0.15, -0.1) is 11.3 Å². The van der Waals surface area contributed by atoms with Crippen molar-refractivity contribution in [3.63, 3.8) is 0 Å². The summed E-state index contributed by atoms with van der Waals surface area (Å²) in [6.07, 6.45) is 0. The standard InChI is InChI=1S/C18H17FN2OS/c1-21(2)11-12-5-3-4-6-15(12)20-18(22)17-10-13-9-14(19)7-8-16(13)23-17/h3-10H,11H2,1-2H3,(H,20,22). The molecule has 0 saturated heterocycles. The molecule has 1 aromatic heterocycles. The first-order chi connectivity index (χ1) is 11.0. The molecule has 23 heavy (non-hydrogen) atoms. The first-order valence-corrected chi connectivity index (χ1v) is 8.07. The molecule has 0 saturated carbocycles. The highest BCUT2D eigenvalue weighted by Crippen LogP contribution is 2.27. The van der Waals surface area contributed by atoms with Crippen molar-refractivity contribution in [1.82, 2.24) is 4.90 Å². The van der Waals surface area contributed by atoms with Gasteiger partial charge >= 0.3 is 0 Å². The van der Waals surface area contributed by atoms with Gasteiger partial charge in [0.25, 0.3) is 5.91 Å². The van der Waals surface area contributed by atoms with Crippen LogP contribution < -0.4 is 5.32 Å². The maximum absolute atomic E-state index is 13.3. The normalized spacial score (nSPS) is 11.1. The van der Waals surface area contributed by atoms with E-state index in [1.807, 2.05) is 43.3 Å². The molecule has 0 aliphatic rings. The van der Waals surface area contributed by atoms with Gasteiger partial charge in [0.15, 0.2) is 0 Å². The second-order valence-corrected chi connectivity index (χ2v) is 6.73. The summed E-state index contributed by atoms with van der Waals surface area (Å²) in [6, 6.07) is 14.0. The van der Waals surface area contributed by atoms with Gasteiger partial charge in [0, 0.05) is 16.9 Å². The van der Waals surface area contributed by atoms with E-state index in [1.54, 1.807) is 12.1 Å². The number of fused-ring (bicyclic) bond motifs is 1. The van der Waals surface area contributed by atoms with E-state index in [9.17, 15) is 9.18 Å². The largest absolute Gasteiger partial charge is 0.321 e. The predicted octanol–water partition coefficient (Wildman–Crippen LogP) is 4.35. The summed E-state index contributed by atoms with van der Waals surface area (Å²) < 4.78 is 14.2. The second-order valence-electron chi connectivity index (χ2n) is 5.64. The SMILES string of the molecule is CN(C)Cc1ccccc1NC(=O)c1cc2cc(F)ccc2s1. The van der Waals surface area contributed by atoms with Gasteiger partial charge in [-0.2, -0.15) is 0 Å². The Labute approximate surface area is 138 Å². The predicted molar refractivity (Wildman–Crippen MR) is 93.6 cm³/mol. The molecule has 1 N–H and O–H groups in total. The van der Waals surface area contributed by atoms with Crippen LogP contribution in [-0.2, 0) is 6.54 Å². The molecule has 1 amide bonds. The van der Waals surface area contributed by atoms with Crippen molar-refractivity contribution in [2.75, 3.05) is 19.4 Å².